The second kappa shape index (κ2) is 4.53. The van der Waals surface area contributed by atoms with Crippen LogP contribution in [0.5, 0.6) is 0 Å². The number of anilines is 1. The van der Waals surface area contributed by atoms with Gasteiger partial charge in [0, 0.05) is 19.2 Å². The average molecular weight is 235 g/mol. The second-order valence-electron chi connectivity index (χ2n) is 4.27. The maximum absolute atomic E-state index is 12.1. The summed E-state index contributed by atoms with van der Waals surface area (Å²) >= 11 is 0. The van der Waals surface area contributed by atoms with Crippen molar-refractivity contribution in [3.8, 4) is 0 Å². The molecule has 0 radical (unpaired) electrons. The highest BCUT2D eigenvalue weighted by Crippen LogP contribution is 2.23. The number of carbonyl (C=O) groups excluding carboxylic acids is 1. The van der Waals surface area contributed by atoms with E-state index in [0.29, 0.717) is 11.4 Å². The summed E-state index contributed by atoms with van der Waals surface area (Å²) in [7, 11) is 0. The standard InChI is InChI=1S/C12H17N3O2/c1-8(13)11-9(14)7-10(17-11)12(16)15-5-3-2-4-6-15/h7H,1-6,13-14H2. The van der Waals surface area contributed by atoms with Gasteiger partial charge in [-0.3, -0.25) is 4.79 Å². The molecular weight excluding hydrogens is 218 g/mol. The van der Waals surface area contributed by atoms with Crippen molar-refractivity contribution in [2.24, 2.45) is 5.73 Å². The first-order chi connectivity index (χ1) is 8.09. The molecule has 1 aliphatic heterocycles. The third-order valence-corrected chi connectivity index (χ3v) is 2.91. The predicted octanol–water partition coefficient (Wildman–Crippen LogP) is 1.42. The van der Waals surface area contributed by atoms with E-state index < -0.39 is 0 Å². The van der Waals surface area contributed by atoms with Crippen molar-refractivity contribution >= 4 is 17.3 Å². The molecule has 4 N–H and O–H groups in total. The van der Waals surface area contributed by atoms with Crippen LogP contribution in [0.3, 0.4) is 0 Å². The number of rotatable bonds is 2. The molecule has 5 heteroatoms. The van der Waals surface area contributed by atoms with E-state index in [1.807, 2.05) is 0 Å². The zero-order chi connectivity index (χ0) is 12.4. The summed E-state index contributed by atoms with van der Waals surface area (Å²) in [5.74, 6) is 0.417. The number of nitrogens with two attached hydrogens (primary N) is 2. The lowest BCUT2D eigenvalue weighted by molar-refractivity contribution is 0.0691. The van der Waals surface area contributed by atoms with Crippen molar-refractivity contribution in [3.63, 3.8) is 0 Å². The Morgan fingerprint density at radius 2 is 2.00 bits per heavy atom. The molecule has 0 aliphatic carbocycles. The molecule has 1 fully saturated rings. The number of carbonyl (C=O) groups is 1. The summed E-state index contributed by atoms with van der Waals surface area (Å²) in [6, 6.07) is 1.52. The number of piperidine rings is 1. The Morgan fingerprint density at radius 1 is 1.35 bits per heavy atom. The number of hydrogen-bond acceptors (Lipinski definition) is 4. The molecule has 0 unspecified atom stereocenters. The first-order valence-corrected chi connectivity index (χ1v) is 5.73. The van der Waals surface area contributed by atoms with Crippen LogP contribution in [0.2, 0.25) is 0 Å². The van der Waals surface area contributed by atoms with Crippen LogP contribution >= 0.6 is 0 Å². The Balaban J connectivity index is 2.19. The maximum atomic E-state index is 12.1. The van der Waals surface area contributed by atoms with Crippen LogP contribution in [0, 0.1) is 0 Å². The number of nitrogen functional groups attached to an aromatic ring is 1. The second-order valence-corrected chi connectivity index (χ2v) is 4.27. The summed E-state index contributed by atoms with van der Waals surface area (Å²) in [6.45, 7) is 5.10. The van der Waals surface area contributed by atoms with E-state index in [9.17, 15) is 4.79 Å². The van der Waals surface area contributed by atoms with Gasteiger partial charge in [0.15, 0.2) is 11.5 Å². The number of hydrogen-bond donors (Lipinski definition) is 2. The van der Waals surface area contributed by atoms with Gasteiger partial charge in [0.2, 0.25) is 0 Å². The van der Waals surface area contributed by atoms with E-state index in [2.05, 4.69) is 6.58 Å². The first-order valence-electron chi connectivity index (χ1n) is 5.73. The first kappa shape index (κ1) is 11.6. The van der Waals surface area contributed by atoms with Gasteiger partial charge in [-0.1, -0.05) is 6.58 Å². The molecule has 1 aromatic heterocycles. The van der Waals surface area contributed by atoms with Crippen LogP contribution in [0.1, 0.15) is 35.6 Å². The van der Waals surface area contributed by atoms with Gasteiger partial charge in [0.1, 0.15) is 0 Å². The van der Waals surface area contributed by atoms with Crippen molar-refractivity contribution in [2.75, 3.05) is 18.8 Å². The van der Waals surface area contributed by atoms with Gasteiger partial charge in [-0.25, -0.2) is 0 Å². The molecule has 1 aromatic rings. The minimum Gasteiger partial charge on any atom is -0.447 e. The van der Waals surface area contributed by atoms with E-state index in [0.717, 1.165) is 25.9 Å². The van der Waals surface area contributed by atoms with Gasteiger partial charge in [0.05, 0.1) is 11.4 Å². The van der Waals surface area contributed by atoms with Gasteiger partial charge < -0.3 is 20.8 Å². The van der Waals surface area contributed by atoms with E-state index in [1.165, 1.54) is 12.5 Å². The summed E-state index contributed by atoms with van der Waals surface area (Å²) in [4.78, 5) is 13.9. The Labute approximate surface area is 100 Å². The van der Waals surface area contributed by atoms with E-state index in [-0.39, 0.29) is 17.4 Å². The van der Waals surface area contributed by atoms with Gasteiger partial charge >= 0.3 is 0 Å². The van der Waals surface area contributed by atoms with Crippen LogP contribution in [0.4, 0.5) is 5.69 Å². The van der Waals surface area contributed by atoms with Crippen molar-refractivity contribution in [1.29, 1.82) is 0 Å². The molecular formula is C12H17N3O2. The fourth-order valence-electron chi connectivity index (χ4n) is 2.01. The number of nitrogens with zero attached hydrogens (tertiary/aromatic N) is 1. The van der Waals surface area contributed by atoms with Gasteiger partial charge in [-0.15, -0.1) is 0 Å². The SMILES string of the molecule is C=C(N)c1oc(C(=O)N2CCCCC2)cc1N. The van der Waals surface area contributed by atoms with E-state index >= 15 is 0 Å². The van der Waals surface area contributed by atoms with Crippen molar-refractivity contribution < 1.29 is 9.21 Å². The zero-order valence-corrected chi connectivity index (χ0v) is 9.74. The molecule has 1 aliphatic rings. The minimum atomic E-state index is -0.121. The van der Waals surface area contributed by atoms with E-state index in [1.54, 1.807) is 4.90 Å². The van der Waals surface area contributed by atoms with Crippen LogP contribution in [0.25, 0.3) is 5.70 Å². The monoisotopic (exact) mass is 235 g/mol. The molecule has 0 aromatic carbocycles. The van der Waals surface area contributed by atoms with Crippen molar-refractivity contribution in [3.05, 3.63) is 24.2 Å². The number of amides is 1. The Kier molecular flexibility index (Phi) is 3.08. The smallest absolute Gasteiger partial charge is 0.289 e. The fraction of sp³-hybridized carbons (Fsp3) is 0.417. The third kappa shape index (κ3) is 2.27. The fourth-order valence-corrected chi connectivity index (χ4v) is 2.01. The highest BCUT2D eigenvalue weighted by atomic mass is 16.4. The minimum absolute atomic E-state index is 0.121. The van der Waals surface area contributed by atoms with Crippen LogP contribution in [-0.4, -0.2) is 23.9 Å². The summed E-state index contributed by atoms with van der Waals surface area (Å²) in [6.07, 6.45) is 3.26. The molecule has 1 amide bonds. The molecule has 2 heterocycles. The lowest BCUT2D eigenvalue weighted by Gasteiger charge is -2.25. The molecule has 5 nitrogen and oxygen atoms in total. The van der Waals surface area contributed by atoms with E-state index in [4.69, 9.17) is 15.9 Å². The number of likely N-dealkylation sites (tertiary alicyclic amines) is 1. The zero-order valence-electron chi connectivity index (χ0n) is 9.74. The Hall–Kier alpha value is -1.91. The van der Waals surface area contributed by atoms with Gasteiger partial charge in [-0.2, -0.15) is 0 Å². The maximum Gasteiger partial charge on any atom is 0.289 e. The normalized spacial score (nSPS) is 15.9. The third-order valence-electron chi connectivity index (χ3n) is 2.91. The Bertz CT molecular complexity index is 445. The molecule has 0 saturated carbocycles. The topological polar surface area (TPSA) is 85.5 Å². The molecule has 2 rings (SSSR count). The van der Waals surface area contributed by atoms with Crippen LogP contribution < -0.4 is 11.5 Å². The van der Waals surface area contributed by atoms with Crippen molar-refractivity contribution in [2.45, 2.75) is 19.3 Å². The summed E-state index contributed by atoms with van der Waals surface area (Å²) in [5, 5.41) is 0. The van der Waals surface area contributed by atoms with Gasteiger partial charge in [0.25, 0.3) is 5.91 Å². The number of furan rings is 1. The Morgan fingerprint density at radius 3 is 2.53 bits per heavy atom. The quantitative estimate of drug-likeness (QED) is 0.811. The lowest BCUT2D eigenvalue weighted by atomic mass is 10.1. The summed E-state index contributed by atoms with van der Waals surface area (Å²) in [5.41, 5.74) is 11.8. The molecule has 0 spiro atoms. The average Bonchev–Trinajstić information content (AvgIpc) is 2.71. The van der Waals surface area contributed by atoms with Crippen molar-refractivity contribution in [1.82, 2.24) is 4.90 Å². The van der Waals surface area contributed by atoms with Crippen LogP contribution in [0.15, 0.2) is 17.1 Å². The highest BCUT2D eigenvalue weighted by molar-refractivity contribution is 5.93. The lowest BCUT2D eigenvalue weighted by Crippen LogP contribution is -2.35. The molecule has 92 valence electrons. The largest absolute Gasteiger partial charge is 0.447 e. The van der Waals surface area contributed by atoms with Crippen LogP contribution in [-0.2, 0) is 0 Å². The molecule has 17 heavy (non-hydrogen) atoms. The predicted molar refractivity (Wildman–Crippen MR) is 66.1 cm³/mol. The molecule has 1 saturated heterocycles. The highest BCUT2D eigenvalue weighted by Gasteiger charge is 2.22. The summed E-state index contributed by atoms with van der Waals surface area (Å²) < 4.78 is 5.35. The molecule has 0 atom stereocenters. The molecule has 0 bridgehead atoms. The van der Waals surface area contributed by atoms with Gasteiger partial charge in [-0.05, 0) is 19.3 Å².